The van der Waals surface area contributed by atoms with Crippen LogP contribution in [0.25, 0.3) is 0 Å². The summed E-state index contributed by atoms with van der Waals surface area (Å²) < 4.78 is 27.4. The third-order valence-corrected chi connectivity index (χ3v) is 2.72. The highest BCUT2D eigenvalue weighted by molar-refractivity contribution is 5.33. The van der Waals surface area contributed by atoms with Crippen molar-refractivity contribution in [2.45, 2.75) is 6.04 Å². The lowest BCUT2D eigenvalue weighted by molar-refractivity contribution is 0.547. The van der Waals surface area contributed by atoms with Crippen molar-refractivity contribution in [1.29, 1.82) is 0 Å². The first-order chi connectivity index (χ1) is 8.24. The van der Waals surface area contributed by atoms with Crippen molar-refractivity contribution in [3.05, 3.63) is 71.3 Å². The Morgan fingerprint density at radius 2 is 1.24 bits per heavy atom. The molecule has 0 heterocycles. The quantitative estimate of drug-likeness (QED) is 0.857. The zero-order valence-corrected chi connectivity index (χ0v) is 9.45. The second kappa shape index (κ2) is 5.06. The molecule has 0 atom stereocenters. The minimum absolute atomic E-state index is 0.338. The summed E-state index contributed by atoms with van der Waals surface area (Å²) in [4.78, 5) is 0. The van der Waals surface area contributed by atoms with Crippen LogP contribution in [0.4, 0.5) is 8.78 Å². The van der Waals surface area contributed by atoms with Gasteiger partial charge in [0.25, 0.3) is 0 Å². The molecule has 0 bridgehead atoms. The predicted octanol–water partition coefficient (Wildman–Crippen LogP) is 3.27. The summed E-state index contributed by atoms with van der Waals surface area (Å²) in [5, 5.41) is 2.94. The Kier molecular flexibility index (Phi) is 3.49. The van der Waals surface area contributed by atoms with Crippen LogP contribution in [-0.4, -0.2) is 7.05 Å². The normalized spacial score (nSPS) is 10.8. The lowest BCUT2D eigenvalue weighted by Gasteiger charge is -2.18. The first-order valence-corrected chi connectivity index (χ1v) is 5.40. The first-order valence-electron chi connectivity index (χ1n) is 5.40. The van der Waals surface area contributed by atoms with E-state index in [9.17, 15) is 8.78 Å². The van der Waals surface area contributed by atoms with Gasteiger partial charge < -0.3 is 5.32 Å². The van der Waals surface area contributed by atoms with Gasteiger partial charge in [-0.05, 0) is 19.2 Å². The lowest BCUT2D eigenvalue weighted by atomic mass is 9.98. The zero-order valence-electron chi connectivity index (χ0n) is 9.45. The van der Waals surface area contributed by atoms with E-state index in [1.165, 1.54) is 12.1 Å². The molecular weight excluding hydrogens is 220 g/mol. The fraction of sp³-hybridized carbons (Fsp3) is 0.143. The molecule has 0 spiro atoms. The van der Waals surface area contributed by atoms with Crippen LogP contribution in [0.1, 0.15) is 17.2 Å². The fourth-order valence-electron chi connectivity index (χ4n) is 1.90. The maximum absolute atomic E-state index is 13.7. The summed E-state index contributed by atoms with van der Waals surface area (Å²) in [5.74, 6) is -0.676. The summed E-state index contributed by atoms with van der Waals surface area (Å²) in [5.41, 5.74) is 0.889. The average molecular weight is 233 g/mol. The summed E-state index contributed by atoms with van der Waals surface area (Å²) in [6.45, 7) is 0. The molecule has 3 heteroatoms. The molecule has 0 radical (unpaired) electrons. The largest absolute Gasteiger partial charge is 0.309 e. The molecule has 0 amide bonds. The second-order valence-corrected chi connectivity index (χ2v) is 3.76. The molecule has 2 aromatic rings. The Hall–Kier alpha value is -1.74. The number of nitrogens with one attached hydrogen (secondary N) is 1. The molecule has 0 aliphatic heterocycles. The average Bonchev–Trinajstić information content (AvgIpc) is 2.34. The molecule has 2 aromatic carbocycles. The number of rotatable bonds is 3. The van der Waals surface area contributed by atoms with Gasteiger partial charge in [-0.25, -0.2) is 8.78 Å². The standard InChI is InChI=1S/C14H13F2N/c1-17-14(10-6-2-4-8-12(10)15)11-7-3-5-9-13(11)16/h2-9,14,17H,1H3. The van der Waals surface area contributed by atoms with Gasteiger partial charge in [0.15, 0.2) is 0 Å². The van der Waals surface area contributed by atoms with Crippen molar-refractivity contribution in [3.8, 4) is 0 Å². The van der Waals surface area contributed by atoms with E-state index in [0.717, 1.165) is 0 Å². The van der Waals surface area contributed by atoms with E-state index in [-0.39, 0.29) is 11.6 Å². The molecule has 0 fully saturated rings. The minimum Gasteiger partial charge on any atom is -0.309 e. The highest BCUT2D eigenvalue weighted by atomic mass is 19.1. The van der Waals surface area contributed by atoms with Crippen molar-refractivity contribution >= 4 is 0 Å². The summed E-state index contributed by atoms with van der Waals surface area (Å²) >= 11 is 0. The zero-order chi connectivity index (χ0) is 12.3. The third-order valence-electron chi connectivity index (χ3n) is 2.72. The Labute approximate surface area is 99.1 Å². The molecule has 2 rings (SSSR count). The van der Waals surface area contributed by atoms with Gasteiger partial charge >= 0.3 is 0 Å². The monoisotopic (exact) mass is 233 g/mol. The van der Waals surface area contributed by atoms with Gasteiger partial charge in [0.1, 0.15) is 11.6 Å². The number of hydrogen-bond donors (Lipinski definition) is 1. The van der Waals surface area contributed by atoms with Crippen LogP contribution < -0.4 is 5.32 Å². The van der Waals surface area contributed by atoms with Crippen LogP contribution in [0.5, 0.6) is 0 Å². The van der Waals surface area contributed by atoms with E-state index in [4.69, 9.17) is 0 Å². The smallest absolute Gasteiger partial charge is 0.128 e. The summed E-state index contributed by atoms with van der Waals surface area (Å²) in [6, 6.07) is 12.3. The van der Waals surface area contributed by atoms with Crippen molar-refractivity contribution in [3.63, 3.8) is 0 Å². The Balaban J connectivity index is 2.48. The molecule has 0 saturated heterocycles. The predicted molar refractivity (Wildman–Crippen MR) is 63.7 cm³/mol. The molecule has 0 aliphatic carbocycles. The highest BCUT2D eigenvalue weighted by Crippen LogP contribution is 2.25. The maximum atomic E-state index is 13.7. The van der Waals surface area contributed by atoms with Gasteiger partial charge in [-0.15, -0.1) is 0 Å². The van der Waals surface area contributed by atoms with Gasteiger partial charge in [0.2, 0.25) is 0 Å². The van der Waals surface area contributed by atoms with Crippen molar-refractivity contribution in [2.24, 2.45) is 0 Å². The number of benzene rings is 2. The van der Waals surface area contributed by atoms with Crippen molar-refractivity contribution in [1.82, 2.24) is 5.32 Å². The SMILES string of the molecule is CNC(c1ccccc1F)c1ccccc1F. The molecule has 0 unspecified atom stereocenters. The molecule has 0 aliphatic rings. The van der Waals surface area contributed by atoms with Crippen molar-refractivity contribution < 1.29 is 8.78 Å². The Bertz CT molecular complexity index is 466. The van der Waals surface area contributed by atoms with Crippen LogP contribution in [0.3, 0.4) is 0 Å². The van der Waals surface area contributed by atoms with Gasteiger partial charge in [0.05, 0.1) is 6.04 Å². The van der Waals surface area contributed by atoms with Crippen molar-refractivity contribution in [2.75, 3.05) is 7.05 Å². The number of hydrogen-bond acceptors (Lipinski definition) is 1. The van der Waals surface area contributed by atoms with E-state index in [2.05, 4.69) is 5.32 Å². The van der Waals surface area contributed by atoms with Crippen LogP contribution in [0.15, 0.2) is 48.5 Å². The van der Waals surface area contributed by atoms with Gasteiger partial charge in [-0.2, -0.15) is 0 Å². The van der Waals surface area contributed by atoms with Crippen LogP contribution in [0.2, 0.25) is 0 Å². The van der Waals surface area contributed by atoms with E-state index in [1.54, 1.807) is 43.4 Å². The van der Waals surface area contributed by atoms with Crippen LogP contribution in [-0.2, 0) is 0 Å². The molecule has 0 aromatic heterocycles. The van der Waals surface area contributed by atoms with Gasteiger partial charge in [0, 0.05) is 11.1 Å². The molecule has 1 N–H and O–H groups in total. The molecule has 17 heavy (non-hydrogen) atoms. The maximum Gasteiger partial charge on any atom is 0.128 e. The van der Waals surface area contributed by atoms with E-state index >= 15 is 0 Å². The van der Waals surface area contributed by atoms with E-state index in [1.807, 2.05) is 0 Å². The molecular formula is C14H13F2N. The lowest BCUT2D eigenvalue weighted by Crippen LogP contribution is -2.20. The number of halogens is 2. The molecule has 88 valence electrons. The minimum atomic E-state index is -0.475. The summed E-state index contributed by atoms with van der Waals surface area (Å²) in [6.07, 6.45) is 0. The Morgan fingerprint density at radius 1 is 0.824 bits per heavy atom. The van der Waals surface area contributed by atoms with Gasteiger partial charge in [-0.3, -0.25) is 0 Å². The van der Waals surface area contributed by atoms with Crippen LogP contribution >= 0.6 is 0 Å². The third kappa shape index (κ3) is 2.34. The van der Waals surface area contributed by atoms with E-state index in [0.29, 0.717) is 11.1 Å². The molecule has 0 saturated carbocycles. The van der Waals surface area contributed by atoms with Gasteiger partial charge in [-0.1, -0.05) is 36.4 Å². The Morgan fingerprint density at radius 3 is 1.59 bits per heavy atom. The van der Waals surface area contributed by atoms with Crippen LogP contribution in [0, 0.1) is 11.6 Å². The first kappa shape index (κ1) is 11.7. The second-order valence-electron chi connectivity index (χ2n) is 3.76. The summed E-state index contributed by atoms with van der Waals surface area (Å²) in [7, 11) is 1.68. The molecule has 1 nitrogen and oxygen atoms in total. The van der Waals surface area contributed by atoms with E-state index < -0.39 is 6.04 Å². The topological polar surface area (TPSA) is 12.0 Å². The highest BCUT2D eigenvalue weighted by Gasteiger charge is 2.18. The fourth-order valence-corrected chi connectivity index (χ4v) is 1.90.